The first-order valence-electron chi connectivity index (χ1n) is 5.41. The fourth-order valence-corrected chi connectivity index (χ4v) is 1.38. The summed E-state index contributed by atoms with van der Waals surface area (Å²) in [5.41, 5.74) is 0. The Bertz CT molecular complexity index is 367. The van der Waals surface area contributed by atoms with E-state index in [0.717, 1.165) is 0 Å². The van der Waals surface area contributed by atoms with Crippen LogP contribution in [0.4, 0.5) is 0 Å². The van der Waals surface area contributed by atoms with Gasteiger partial charge in [0.2, 0.25) is 0 Å². The van der Waals surface area contributed by atoms with Crippen molar-refractivity contribution in [3.05, 3.63) is 24.3 Å². The zero-order valence-corrected chi connectivity index (χ0v) is 9.97. The van der Waals surface area contributed by atoms with E-state index in [-0.39, 0.29) is 6.61 Å². The Morgan fingerprint density at radius 2 is 2.06 bits per heavy atom. The van der Waals surface area contributed by atoms with Crippen molar-refractivity contribution in [3.8, 4) is 11.5 Å². The first-order valence-corrected chi connectivity index (χ1v) is 5.41. The van der Waals surface area contributed by atoms with Crippen LogP contribution in [0.5, 0.6) is 11.5 Å². The van der Waals surface area contributed by atoms with Gasteiger partial charge < -0.3 is 19.9 Å². The monoisotopic (exact) mass is 239 g/mol. The first-order chi connectivity index (χ1) is 8.19. The van der Waals surface area contributed by atoms with Crippen LogP contribution in [0.1, 0.15) is 6.92 Å². The molecular weight excluding hydrogens is 222 g/mol. The fourth-order valence-electron chi connectivity index (χ4n) is 1.38. The van der Waals surface area contributed by atoms with Crippen LogP contribution in [0.15, 0.2) is 24.3 Å². The molecule has 1 aromatic carbocycles. The molecule has 0 bridgehead atoms. The average molecular weight is 239 g/mol. The van der Waals surface area contributed by atoms with Crippen molar-refractivity contribution in [1.82, 2.24) is 5.32 Å². The van der Waals surface area contributed by atoms with E-state index in [0.29, 0.717) is 18.0 Å². The average Bonchev–Trinajstić information content (AvgIpc) is 2.34. The maximum absolute atomic E-state index is 10.9. The molecule has 0 aliphatic rings. The van der Waals surface area contributed by atoms with Crippen molar-refractivity contribution in [2.45, 2.75) is 13.0 Å². The van der Waals surface area contributed by atoms with Crippen LogP contribution < -0.4 is 14.8 Å². The number of likely N-dealkylation sites (N-methyl/N-ethyl adjacent to an activating group) is 1. The molecule has 0 aromatic heterocycles. The molecule has 0 heterocycles. The van der Waals surface area contributed by atoms with Crippen molar-refractivity contribution >= 4 is 5.97 Å². The molecule has 2 N–H and O–H groups in total. The summed E-state index contributed by atoms with van der Waals surface area (Å²) >= 11 is 0. The molecule has 0 amide bonds. The van der Waals surface area contributed by atoms with Gasteiger partial charge in [-0.1, -0.05) is 19.1 Å². The summed E-state index contributed by atoms with van der Waals surface area (Å²) in [5, 5.41) is 11.8. The Morgan fingerprint density at radius 1 is 1.41 bits per heavy atom. The van der Waals surface area contributed by atoms with E-state index >= 15 is 0 Å². The number of carboxylic acids is 1. The van der Waals surface area contributed by atoms with E-state index in [1.807, 2.05) is 13.0 Å². The standard InChI is InChI=1S/C12H17NO4/c1-3-13-9(12(14)15)8-17-11-7-5-4-6-10(11)16-2/h4-7,9,13H,3,8H2,1-2H3,(H,14,15). The van der Waals surface area contributed by atoms with Gasteiger partial charge in [-0.2, -0.15) is 0 Å². The van der Waals surface area contributed by atoms with Gasteiger partial charge in [0.15, 0.2) is 11.5 Å². The fraction of sp³-hybridized carbons (Fsp3) is 0.417. The molecule has 94 valence electrons. The highest BCUT2D eigenvalue weighted by Crippen LogP contribution is 2.25. The lowest BCUT2D eigenvalue weighted by molar-refractivity contribution is -0.140. The summed E-state index contributed by atoms with van der Waals surface area (Å²) in [5.74, 6) is 0.203. The number of nitrogens with one attached hydrogen (secondary N) is 1. The summed E-state index contributed by atoms with van der Waals surface area (Å²) in [7, 11) is 1.54. The minimum Gasteiger partial charge on any atom is -0.493 e. The number of ether oxygens (including phenoxy) is 2. The lowest BCUT2D eigenvalue weighted by Gasteiger charge is -2.15. The van der Waals surface area contributed by atoms with Gasteiger partial charge in [0.25, 0.3) is 0 Å². The molecule has 0 fully saturated rings. The molecule has 0 spiro atoms. The first kappa shape index (κ1) is 13.3. The van der Waals surface area contributed by atoms with E-state index in [9.17, 15) is 4.79 Å². The Morgan fingerprint density at radius 3 is 2.59 bits per heavy atom. The Labute approximate surface area is 100 Å². The highest BCUT2D eigenvalue weighted by atomic mass is 16.5. The Hall–Kier alpha value is -1.75. The van der Waals surface area contributed by atoms with Gasteiger partial charge >= 0.3 is 5.97 Å². The quantitative estimate of drug-likeness (QED) is 0.746. The largest absolute Gasteiger partial charge is 0.493 e. The molecule has 0 radical (unpaired) electrons. The van der Waals surface area contributed by atoms with Gasteiger partial charge in [0.05, 0.1) is 7.11 Å². The highest BCUT2D eigenvalue weighted by Gasteiger charge is 2.17. The summed E-state index contributed by atoms with van der Waals surface area (Å²) in [4.78, 5) is 10.9. The number of methoxy groups -OCH3 is 1. The number of carboxylic acid groups (broad SMARTS) is 1. The molecule has 1 unspecified atom stereocenters. The molecule has 1 rings (SSSR count). The van der Waals surface area contributed by atoms with E-state index in [4.69, 9.17) is 14.6 Å². The zero-order valence-electron chi connectivity index (χ0n) is 9.97. The topological polar surface area (TPSA) is 67.8 Å². The molecule has 5 heteroatoms. The smallest absolute Gasteiger partial charge is 0.324 e. The summed E-state index contributed by atoms with van der Waals surface area (Å²) in [6.45, 7) is 2.48. The third-order valence-corrected chi connectivity index (χ3v) is 2.22. The van der Waals surface area contributed by atoms with Crippen molar-refractivity contribution in [2.75, 3.05) is 20.3 Å². The summed E-state index contributed by atoms with van der Waals surface area (Å²) in [6.07, 6.45) is 0. The van der Waals surface area contributed by atoms with Gasteiger partial charge in [-0.25, -0.2) is 0 Å². The van der Waals surface area contributed by atoms with Crippen LogP contribution in [0.3, 0.4) is 0 Å². The van der Waals surface area contributed by atoms with Crippen LogP contribution >= 0.6 is 0 Å². The maximum Gasteiger partial charge on any atom is 0.324 e. The second-order valence-corrected chi connectivity index (χ2v) is 3.41. The number of aliphatic carboxylic acids is 1. The van der Waals surface area contributed by atoms with Gasteiger partial charge in [-0.15, -0.1) is 0 Å². The lowest BCUT2D eigenvalue weighted by atomic mass is 10.3. The van der Waals surface area contributed by atoms with E-state index < -0.39 is 12.0 Å². The number of para-hydroxylation sites is 2. The molecule has 17 heavy (non-hydrogen) atoms. The van der Waals surface area contributed by atoms with Crippen LogP contribution in [-0.4, -0.2) is 37.4 Å². The van der Waals surface area contributed by atoms with Crippen molar-refractivity contribution in [1.29, 1.82) is 0 Å². The molecule has 0 saturated carbocycles. The van der Waals surface area contributed by atoms with E-state index in [1.165, 1.54) is 0 Å². The predicted molar refractivity (Wildman–Crippen MR) is 63.6 cm³/mol. The van der Waals surface area contributed by atoms with Crippen molar-refractivity contribution < 1.29 is 19.4 Å². The minimum absolute atomic E-state index is 0.0591. The molecular formula is C12H17NO4. The van der Waals surface area contributed by atoms with Gasteiger partial charge in [0, 0.05) is 0 Å². The number of carbonyl (C=O) groups is 1. The van der Waals surface area contributed by atoms with Crippen LogP contribution in [0.2, 0.25) is 0 Å². The Kier molecular flexibility index (Phi) is 5.29. The van der Waals surface area contributed by atoms with Gasteiger partial charge in [-0.3, -0.25) is 4.79 Å². The highest BCUT2D eigenvalue weighted by molar-refractivity contribution is 5.73. The maximum atomic E-state index is 10.9. The number of rotatable bonds is 7. The zero-order chi connectivity index (χ0) is 12.7. The van der Waals surface area contributed by atoms with Crippen LogP contribution in [0, 0.1) is 0 Å². The second kappa shape index (κ2) is 6.75. The van der Waals surface area contributed by atoms with Gasteiger partial charge in [0.1, 0.15) is 12.6 Å². The molecule has 5 nitrogen and oxygen atoms in total. The normalized spacial score (nSPS) is 11.9. The van der Waals surface area contributed by atoms with E-state index in [2.05, 4.69) is 5.32 Å². The third kappa shape index (κ3) is 3.96. The molecule has 1 aromatic rings. The molecule has 0 aliphatic heterocycles. The van der Waals surface area contributed by atoms with Crippen molar-refractivity contribution in [2.24, 2.45) is 0 Å². The molecule has 0 saturated heterocycles. The third-order valence-electron chi connectivity index (χ3n) is 2.22. The Balaban J connectivity index is 2.61. The second-order valence-electron chi connectivity index (χ2n) is 3.41. The lowest BCUT2D eigenvalue weighted by Crippen LogP contribution is -2.41. The van der Waals surface area contributed by atoms with Crippen molar-refractivity contribution in [3.63, 3.8) is 0 Å². The molecule has 0 aliphatic carbocycles. The minimum atomic E-state index is -0.929. The molecule has 1 atom stereocenters. The van der Waals surface area contributed by atoms with Gasteiger partial charge in [-0.05, 0) is 18.7 Å². The summed E-state index contributed by atoms with van der Waals surface area (Å²) < 4.78 is 10.5. The number of benzene rings is 1. The number of hydrogen-bond acceptors (Lipinski definition) is 4. The predicted octanol–water partition coefficient (Wildman–Crippen LogP) is 1.14. The van der Waals surface area contributed by atoms with Crippen LogP contribution in [0.25, 0.3) is 0 Å². The number of hydrogen-bond donors (Lipinski definition) is 2. The summed E-state index contributed by atoms with van der Waals surface area (Å²) in [6, 6.07) is 6.41. The van der Waals surface area contributed by atoms with Crippen LogP contribution in [-0.2, 0) is 4.79 Å². The van der Waals surface area contributed by atoms with E-state index in [1.54, 1.807) is 25.3 Å². The SMILES string of the molecule is CCNC(COc1ccccc1OC)C(=O)O.